The quantitative estimate of drug-likeness (QED) is 0.277. The van der Waals surface area contributed by atoms with E-state index in [2.05, 4.69) is 46.4 Å². The van der Waals surface area contributed by atoms with Crippen molar-refractivity contribution in [1.29, 1.82) is 0 Å². The largest absolute Gasteiger partial charge is 0.360 e. The highest BCUT2D eigenvalue weighted by molar-refractivity contribution is 6.39. The van der Waals surface area contributed by atoms with E-state index in [4.69, 9.17) is 28.2 Å². The Hall–Kier alpha value is -3.53. The molecular weight excluding hydrogens is 437 g/mol. The standard InChI is InChI=1S/C27H17Cl2N3/c28-21-8-5-9-22(29)27(21)16-12-25(19-14-30-23-10-3-1-6-17(19)23)32-26(13-16)20-15-31-24-11-4-2-7-18(20)24/h1-15,30-31H. The molecule has 0 amide bonds. The third-order valence-electron chi connectivity index (χ3n) is 5.81. The van der Waals surface area contributed by atoms with Crippen LogP contribution >= 0.6 is 23.2 Å². The second-order valence-electron chi connectivity index (χ2n) is 7.72. The second-order valence-corrected chi connectivity index (χ2v) is 8.53. The molecule has 0 fully saturated rings. The minimum atomic E-state index is 0.610. The van der Waals surface area contributed by atoms with E-state index in [-0.39, 0.29) is 0 Å². The highest BCUT2D eigenvalue weighted by Gasteiger charge is 2.17. The van der Waals surface area contributed by atoms with Crippen LogP contribution in [0.2, 0.25) is 10.0 Å². The van der Waals surface area contributed by atoms with Crippen LogP contribution in [0.4, 0.5) is 0 Å². The summed E-state index contributed by atoms with van der Waals surface area (Å²) >= 11 is 13.2. The van der Waals surface area contributed by atoms with Crippen molar-refractivity contribution in [3.8, 4) is 33.6 Å². The fourth-order valence-corrected chi connectivity index (χ4v) is 4.91. The number of fused-ring (bicyclic) bond motifs is 2. The second kappa shape index (κ2) is 7.56. The number of aromatic amines is 2. The van der Waals surface area contributed by atoms with Gasteiger partial charge >= 0.3 is 0 Å². The molecule has 0 saturated heterocycles. The molecule has 0 atom stereocenters. The number of halogens is 2. The molecule has 5 heteroatoms. The van der Waals surface area contributed by atoms with Crippen LogP contribution in [0, 0.1) is 0 Å². The molecule has 3 aromatic carbocycles. The molecule has 6 rings (SSSR count). The zero-order chi connectivity index (χ0) is 21.7. The molecule has 0 aliphatic heterocycles. The van der Waals surface area contributed by atoms with Gasteiger partial charge in [0.05, 0.1) is 11.4 Å². The maximum atomic E-state index is 6.59. The van der Waals surface area contributed by atoms with E-state index in [9.17, 15) is 0 Å². The third kappa shape index (κ3) is 3.10. The van der Waals surface area contributed by atoms with E-state index in [0.717, 1.165) is 55.4 Å². The van der Waals surface area contributed by atoms with Crippen molar-refractivity contribution in [3.63, 3.8) is 0 Å². The van der Waals surface area contributed by atoms with E-state index in [1.807, 2.05) is 54.9 Å². The van der Waals surface area contributed by atoms with Crippen molar-refractivity contribution in [3.05, 3.63) is 101 Å². The summed E-state index contributed by atoms with van der Waals surface area (Å²) in [6.45, 7) is 0. The molecular formula is C27H17Cl2N3. The highest BCUT2D eigenvalue weighted by Crippen LogP contribution is 2.40. The minimum absolute atomic E-state index is 0.610. The molecule has 0 unspecified atom stereocenters. The molecule has 0 spiro atoms. The lowest BCUT2D eigenvalue weighted by molar-refractivity contribution is 1.33. The Bertz CT molecular complexity index is 1500. The van der Waals surface area contributed by atoms with Gasteiger partial charge in [-0.2, -0.15) is 0 Å². The van der Waals surface area contributed by atoms with Gasteiger partial charge in [0.25, 0.3) is 0 Å². The van der Waals surface area contributed by atoms with Gasteiger partial charge in [0.1, 0.15) is 0 Å². The lowest BCUT2D eigenvalue weighted by atomic mass is 9.99. The van der Waals surface area contributed by atoms with E-state index < -0.39 is 0 Å². The average Bonchev–Trinajstić information content (AvgIpc) is 3.43. The van der Waals surface area contributed by atoms with E-state index in [1.165, 1.54) is 0 Å². The number of nitrogens with zero attached hydrogens (tertiary/aromatic N) is 1. The summed E-state index contributed by atoms with van der Waals surface area (Å²) < 4.78 is 0. The Morgan fingerprint density at radius 3 is 1.62 bits per heavy atom. The molecule has 0 bridgehead atoms. The lowest BCUT2D eigenvalue weighted by Crippen LogP contribution is -1.91. The fraction of sp³-hybridized carbons (Fsp3) is 0. The van der Waals surface area contributed by atoms with Crippen LogP contribution in [0.25, 0.3) is 55.4 Å². The minimum Gasteiger partial charge on any atom is -0.360 e. The SMILES string of the molecule is Clc1cccc(Cl)c1-c1cc(-c2c[nH]c3ccccc23)nc(-c2c[nH]c3ccccc23)c1. The van der Waals surface area contributed by atoms with Gasteiger partial charge in [-0.25, -0.2) is 4.98 Å². The number of para-hydroxylation sites is 2. The summed E-state index contributed by atoms with van der Waals surface area (Å²) in [4.78, 5) is 11.8. The maximum Gasteiger partial charge on any atom is 0.0737 e. The Morgan fingerprint density at radius 2 is 1.09 bits per heavy atom. The Labute approximate surface area is 194 Å². The smallest absolute Gasteiger partial charge is 0.0737 e. The molecule has 6 aromatic rings. The molecule has 3 heterocycles. The number of hydrogen-bond donors (Lipinski definition) is 2. The average molecular weight is 454 g/mol. The maximum absolute atomic E-state index is 6.59. The number of nitrogens with one attached hydrogen (secondary N) is 2. The van der Waals surface area contributed by atoms with E-state index in [0.29, 0.717) is 10.0 Å². The number of H-pyrrole nitrogens is 2. The summed E-state index contributed by atoms with van der Waals surface area (Å²) in [6, 6.07) is 26.1. The van der Waals surface area contributed by atoms with Gasteiger partial charge in [0.15, 0.2) is 0 Å². The number of benzene rings is 3. The number of pyridine rings is 1. The molecule has 0 radical (unpaired) electrons. The summed E-state index contributed by atoms with van der Waals surface area (Å²) in [6.07, 6.45) is 4.01. The molecule has 154 valence electrons. The van der Waals surface area contributed by atoms with Crippen LogP contribution < -0.4 is 0 Å². The van der Waals surface area contributed by atoms with E-state index >= 15 is 0 Å². The van der Waals surface area contributed by atoms with Gasteiger partial charge in [0, 0.05) is 60.9 Å². The zero-order valence-electron chi connectivity index (χ0n) is 16.9. The zero-order valence-corrected chi connectivity index (χ0v) is 18.4. The Morgan fingerprint density at radius 1 is 0.594 bits per heavy atom. The number of rotatable bonds is 3. The van der Waals surface area contributed by atoms with Crippen molar-refractivity contribution in [2.24, 2.45) is 0 Å². The Balaban J connectivity index is 1.66. The first-order chi connectivity index (χ1) is 15.7. The summed E-state index contributed by atoms with van der Waals surface area (Å²) in [5, 5.41) is 3.46. The van der Waals surface area contributed by atoms with Crippen LogP contribution in [0.5, 0.6) is 0 Å². The first kappa shape index (κ1) is 19.2. The topological polar surface area (TPSA) is 44.5 Å². The van der Waals surface area contributed by atoms with Crippen molar-refractivity contribution >= 4 is 45.0 Å². The molecule has 0 aliphatic rings. The monoisotopic (exact) mass is 453 g/mol. The van der Waals surface area contributed by atoms with Gasteiger partial charge < -0.3 is 9.97 Å². The fourth-order valence-electron chi connectivity index (χ4n) is 4.29. The van der Waals surface area contributed by atoms with Crippen LogP contribution in [0.3, 0.4) is 0 Å². The molecule has 0 saturated carbocycles. The normalized spacial score (nSPS) is 11.4. The van der Waals surface area contributed by atoms with Gasteiger partial charge in [-0.15, -0.1) is 0 Å². The predicted molar refractivity (Wildman–Crippen MR) is 134 cm³/mol. The van der Waals surface area contributed by atoms with Crippen molar-refractivity contribution in [2.45, 2.75) is 0 Å². The highest BCUT2D eigenvalue weighted by atomic mass is 35.5. The van der Waals surface area contributed by atoms with Crippen LogP contribution in [-0.2, 0) is 0 Å². The van der Waals surface area contributed by atoms with Crippen LogP contribution in [-0.4, -0.2) is 15.0 Å². The van der Waals surface area contributed by atoms with E-state index in [1.54, 1.807) is 0 Å². The summed E-state index contributed by atoms with van der Waals surface area (Å²) in [5.74, 6) is 0. The lowest BCUT2D eigenvalue weighted by Gasteiger charge is -2.12. The number of aromatic nitrogens is 3. The van der Waals surface area contributed by atoms with Crippen molar-refractivity contribution in [2.75, 3.05) is 0 Å². The molecule has 0 aliphatic carbocycles. The molecule has 3 nitrogen and oxygen atoms in total. The molecule has 3 aromatic heterocycles. The van der Waals surface area contributed by atoms with Crippen LogP contribution in [0.1, 0.15) is 0 Å². The van der Waals surface area contributed by atoms with Gasteiger partial charge in [-0.05, 0) is 42.0 Å². The third-order valence-corrected chi connectivity index (χ3v) is 6.44. The summed E-state index contributed by atoms with van der Waals surface area (Å²) in [5.41, 5.74) is 7.65. The van der Waals surface area contributed by atoms with Crippen molar-refractivity contribution < 1.29 is 0 Å². The molecule has 2 N–H and O–H groups in total. The first-order valence-electron chi connectivity index (χ1n) is 10.3. The van der Waals surface area contributed by atoms with Gasteiger partial charge in [-0.3, -0.25) is 0 Å². The number of hydrogen-bond acceptors (Lipinski definition) is 1. The van der Waals surface area contributed by atoms with Crippen molar-refractivity contribution in [1.82, 2.24) is 15.0 Å². The predicted octanol–water partition coefficient (Wildman–Crippen LogP) is 8.35. The first-order valence-corrected chi connectivity index (χ1v) is 11.0. The van der Waals surface area contributed by atoms with Gasteiger partial charge in [-0.1, -0.05) is 65.7 Å². The van der Waals surface area contributed by atoms with Crippen LogP contribution in [0.15, 0.2) is 91.3 Å². The summed E-state index contributed by atoms with van der Waals surface area (Å²) in [7, 11) is 0. The Kier molecular flexibility index (Phi) is 4.53. The molecule has 32 heavy (non-hydrogen) atoms. The van der Waals surface area contributed by atoms with Gasteiger partial charge in [0.2, 0.25) is 0 Å².